The van der Waals surface area contributed by atoms with E-state index in [2.05, 4.69) is 10.5 Å². The number of carboxylic acids is 2. The number of carbonyl (C=O) groups is 2. The quantitative estimate of drug-likeness (QED) is 0.358. The first-order valence-electron chi connectivity index (χ1n) is 5.93. The standard InChI is InChI=1S/C11H10N4O8/c16-10(17)4-3-8(11(18)19)13-12-7-2-1-6(14(20)21)5-9(7)15(22)23/h1-2,5,12H,3-4H2,(H,16,17)(H,18,19). The summed E-state index contributed by atoms with van der Waals surface area (Å²) in [6.45, 7) is 0. The van der Waals surface area contributed by atoms with Crippen molar-refractivity contribution in [1.29, 1.82) is 0 Å². The molecule has 0 atom stereocenters. The van der Waals surface area contributed by atoms with Gasteiger partial charge in [0.25, 0.3) is 5.69 Å². The highest BCUT2D eigenvalue weighted by atomic mass is 16.6. The predicted molar refractivity (Wildman–Crippen MR) is 75.3 cm³/mol. The van der Waals surface area contributed by atoms with Crippen LogP contribution >= 0.6 is 0 Å². The maximum atomic E-state index is 10.9. The lowest BCUT2D eigenvalue weighted by molar-refractivity contribution is -0.393. The van der Waals surface area contributed by atoms with Gasteiger partial charge in [0.15, 0.2) is 0 Å². The molecule has 0 radical (unpaired) electrons. The Hall–Kier alpha value is -3.57. The van der Waals surface area contributed by atoms with Gasteiger partial charge in [-0.25, -0.2) is 4.79 Å². The van der Waals surface area contributed by atoms with Crippen LogP contribution in [0.25, 0.3) is 0 Å². The smallest absolute Gasteiger partial charge is 0.352 e. The average Bonchev–Trinajstić information content (AvgIpc) is 2.46. The Morgan fingerprint density at radius 2 is 1.78 bits per heavy atom. The molecular formula is C11H10N4O8. The number of nitrogens with one attached hydrogen (secondary N) is 1. The molecular weight excluding hydrogens is 316 g/mol. The minimum atomic E-state index is -1.50. The van der Waals surface area contributed by atoms with Crippen LogP contribution in [-0.4, -0.2) is 37.7 Å². The number of nitro groups is 2. The van der Waals surface area contributed by atoms with E-state index in [0.29, 0.717) is 6.07 Å². The highest BCUT2D eigenvalue weighted by Gasteiger charge is 2.20. The summed E-state index contributed by atoms with van der Waals surface area (Å²) in [5.41, 5.74) is 0.0984. The van der Waals surface area contributed by atoms with E-state index < -0.39 is 51.7 Å². The predicted octanol–water partition coefficient (Wildman–Crippen LogP) is 1.22. The molecule has 0 spiro atoms. The third-order valence-corrected chi connectivity index (χ3v) is 2.52. The van der Waals surface area contributed by atoms with Crippen LogP contribution in [0.2, 0.25) is 0 Å². The molecule has 3 N–H and O–H groups in total. The Balaban J connectivity index is 3.08. The fourth-order valence-corrected chi connectivity index (χ4v) is 1.44. The van der Waals surface area contributed by atoms with E-state index in [-0.39, 0.29) is 5.69 Å². The van der Waals surface area contributed by atoms with Crippen LogP contribution in [0.15, 0.2) is 23.3 Å². The summed E-state index contributed by atoms with van der Waals surface area (Å²) in [5, 5.41) is 42.3. The lowest BCUT2D eigenvalue weighted by atomic mass is 10.2. The highest BCUT2D eigenvalue weighted by molar-refractivity contribution is 6.35. The summed E-state index contributed by atoms with van der Waals surface area (Å²) < 4.78 is 0. The first-order valence-corrected chi connectivity index (χ1v) is 5.93. The Bertz CT molecular complexity index is 699. The molecule has 1 rings (SSSR count). The monoisotopic (exact) mass is 326 g/mol. The zero-order chi connectivity index (χ0) is 17.6. The lowest BCUT2D eigenvalue weighted by Gasteiger charge is -2.04. The Labute approximate surface area is 127 Å². The van der Waals surface area contributed by atoms with Gasteiger partial charge < -0.3 is 10.2 Å². The van der Waals surface area contributed by atoms with Crippen molar-refractivity contribution >= 4 is 34.7 Å². The van der Waals surface area contributed by atoms with Crippen LogP contribution in [-0.2, 0) is 9.59 Å². The molecule has 0 aliphatic heterocycles. The van der Waals surface area contributed by atoms with Crippen LogP contribution in [0, 0.1) is 20.2 Å². The maximum absolute atomic E-state index is 10.9. The van der Waals surface area contributed by atoms with Crippen molar-refractivity contribution in [2.45, 2.75) is 12.8 Å². The normalized spacial score (nSPS) is 10.9. The minimum Gasteiger partial charge on any atom is -0.481 e. The molecule has 0 saturated heterocycles. The second kappa shape index (κ2) is 7.44. The van der Waals surface area contributed by atoms with Crippen LogP contribution in [0.4, 0.5) is 17.1 Å². The number of hydrogen-bond donors (Lipinski definition) is 3. The van der Waals surface area contributed by atoms with Gasteiger partial charge in [-0.3, -0.25) is 30.4 Å². The Morgan fingerprint density at radius 3 is 2.26 bits per heavy atom. The fraction of sp³-hybridized carbons (Fsp3) is 0.182. The second-order valence-electron chi connectivity index (χ2n) is 4.08. The van der Waals surface area contributed by atoms with Crippen molar-refractivity contribution in [3.63, 3.8) is 0 Å². The number of rotatable bonds is 8. The van der Waals surface area contributed by atoms with Gasteiger partial charge in [-0.1, -0.05) is 0 Å². The number of hydrazone groups is 1. The number of nitrogens with zero attached hydrogens (tertiary/aromatic N) is 3. The van der Waals surface area contributed by atoms with Gasteiger partial charge in [-0.15, -0.1) is 0 Å². The summed E-state index contributed by atoms with van der Waals surface area (Å²) in [5.74, 6) is -2.73. The molecule has 0 aliphatic carbocycles. The van der Waals surface area contributed by atoms with E-state index in [9.17, 15) is 29.8 Å². The third-order valence-electron chi connectivity index (χ3n) is 2.52. The Kier molecular flexibility index (Phi) is 5.66. The fourth-order valence-electron chi connectivity index (χ4n) is 1.44. The number of aliphatic carboxylic acids is 2. The molecule has 23 heavy (non-hydrogen) atoms. The molecule has 122 valence electrons. The molecule has 0 fully saturated rings. The van der Waals surface area contributed by atoms with Gasteiger partial charge in [0.05, 0.1) is 22.3 Å². The molecule has 0 unspecified atom stereocenters. The summed E-state index contributed by atoms with van der Waals surface area (Å²) in [6.07, 6.45) is -0.895. The second-order valence-corrected chi connectivity index (χ2v) is 4.08. The van der Waals surface area contributed by atoms with Gasteiger partial charge in [-0.2, -0.15) is 5.10 Å². The number of nitro benzene ring substituents is 2. The number of carboxylic acid groups (broad SMARTS) is 2. The maximum Gasteiger partial charge on any atom is 0.352 e. The van der Waals surface area contributed by atoms with Crippen LogP contribution < -0.4 is 5.43 Å². The van der Waals surface area contributed by atoms with E-state index in [1.165, 1.54) is 0 Å². The summed E-state index contributed by atoms with van der Waals surface area (Å²) in [6, 6.07) is 2.66. The van der Waals surface area contributed by atoms with Crippen molar-refractivity contribution in [3.8, 4) is 0 Å². The average molecular weight is 326 g/mol. The first kappa shape index (κ1) is 17.5. The van der Waals surface area contributed by atoms with Crippen molar-refractivity contribution in [2.75, 3.05) is 5.43 Å². The summed E-state index contributed by atoms with van der Waals surface area (Å²) in [7, 11) is 0. The van der Waals surface area contributed by atoms with E-state index in [0.717, 1.165) is 12.1 Å². The summed E-state index contributed by atoms with van der Waals surface area (Å²) in [4.78, 5) is 41.1. The SMILES string of the molecule is O=C(O)CCC(=NNc1ccc([N+](=O)[O-])cc1[N+](=O)[O-])C(=O)O. The van der Waals surface area contributed by atoms with E-state index >= 15 is 0 Å². The van der Waals surface area contributed by atoms with Crippen LogP contribution in [0.1, 0.15) is 12.8 Å². The van der Waals surface area contributed by atoms with Crippen molar-refractivity contribution < 1.29 is 29.6 Å². The molecule has 1 aromatic carbocycles. The molecule has 1 aromatic rings. The van der Waals surface area contributed by atoms with Crippen molar-refractivity contribution in [3.05, 3.63) is 38.4 Å². The summed E-state index contributed by atoms with van der Waals surface area (Å²) >= 11 is 0. The lowest BCUT2D eigenvalue weighted by Crippen LogP contribution is -2.16. The zero-order valence-electron chi connectivity index (χ0n) is 11.3. The van der Waals surface area contributed by atoms with E-state index in [1.807, 2.05) is 0 Å². The minimum absolute atomic E-state index is 0.269. The topological polar surface area (TPSA) is 185 Å². The first-order chi connectivity index (χ1) is 10.7. The third kappa shape index (κ3) is 5.04. The number of non-ortho nitro benzene ring substituents is 1. The van der Waals surface area contributed by atoms with Crippen LogP contribution in [0.5, 0.6) is 0 Å². The number of hydrogen-bond acceptors (Lipinski definition) is 8. The molecule has 0 amide bonds. The molecule has 0 aliphatic rings. The van der Waals surface area contributed by atoms with E-state index in [4.69, 9.17) is 10.2 Å². The van der Waals surface area contributed by atoms with Crippen molar-refractivity contribution in [1.82, 2.24) is 0 Å². The molecule has 0 saturated carbocycles. The molecule has 12 heteroatoms. The molecule has 0 heterocycles. The molecule has 12 nitrogen and oxygen atoms in total. The van der Waals surface area contributed by atoms with Gasteiger partial charge >= 0.3 is 17.6 Å². The van der Waals surface area contributed by atoms with Gasteiger partial charge in [0, 0.05) is 12.5 Å². The molecule has 0 bridgehead atoms. The van der Waals surface area contributed by atoms with E-state index in [1.54, 1.807) is 0 Å². The largest absolute Gasteiger partial charge is 0.481 e. The van der Waals surface area contributed by atoms with Gasteiger partial charge in [-0.05, 0) is 6.07 Å². The Morgan fingerprint density at radius 1 is 1.13 bits per heavy atom. The number of benzene rings is 1. The van der Waals surface area contributed by atoms with Gasteiger partial charge in [0.2, 0.25) is 0 Å². The van der Waals surface area contributed by atoms with Crippen LogP contribution in [0.3, 0.4) is 0 Å². The van der Waals surface area contributed by atoms with Crippen molar-refractivity contribution in [2.24, 2.45) is 5.10 Å². The highest BCUT2D eigenvalue weighted by Crippen LogP contribution is 2.28. The molecule has 0 aromatic heterocycles. The zero-order valence-corrected chi connectivity index (χ0v) is 11.3. The number of anilines is 1. The van der Waals surface area contributed by atoms with Gasteiger partial charge in [0.1, 0.15) is 11.4 Å².